The highest BCUT2D eigenvalue weighted by Gasteiger charge is 2.50. The maximum atomic E-state index is 12.7. The fourth-order valence-electron chi connectivity index (χ4n) is 2.95. The third kappa shape index (κ3) is 6.44. The van der Waals surface area contributed by atoms with Crippen molar-refractivity contribution in [3.8, 4) is 0 Å². The molecule has 24 heavy (non-hydrogen) atoms. The molecule has 0 aromatic rings. The first kappa shape index (κ1) is 21.6. The van der Waals surface area contributed by atoms with Gasteiger partial charge in [-0.05, 0) is 38.5 Å². The number of hydrogen-bond donors (Lipinski definition) is 0. The average molecular weight is 381 g/mol. The molecule has 0 amide bonds. The second-order valence-electron chi connectivity index (χ2n) is 6.56. The molecule has 1 aliphatic carbocycles. The van der Waals surface area contributed by atoms with Crippen LogP contribution in [-0.2, 0) is 19.1 Å². The van der Waals surface area contributed by atoms with Crippen molar-refractivity contribution < 1.29 is 19.1 Å². The lowest BCUT2D eigenvalue weighted by molar-refractivity contribution is -0.177. The van der Waals surface area contributed by atoms with E-state index in [4.69, 9.17) is 32.7 Å². The number of carbonyl (C=O) groups is 2. The number of carbonyl (C=O) groups excluding carboxylic acids is 2. The predicted octanol–water partition coefficient (Wildman–Crippen LogP) is 5.53. The molecule has 0 spiro atoms. The summed E-state index contributed by atoms with van der Waals surface area (Å²) >= 11 is 12.2. The Labute approximate surface area is 155 Å². The molecule has 2 unspecified atom stereocenters. The quantitative estimate of drug-likeness (QED) is 0.283. The Morgan fingerprint density at radius 1 is 0.875 bits per heavy atom. The van der Waals surface area contributed by atoms with Gasteiger partial charge in [0.05, 0.1) is 0 Å². The molecule has 0 N–H and O–H groups in total. The summed E-state index contributed by atoms with van der Waals surface area (Å²) in [5.41, 5.74) is -2.64. The molecule has 1 aliphatic rings. The number of esters is 2. The van der Waals surface area contributed by atoms with Gasteiger partial charge in [-0.25, -0.2) is 0 Å². The topological polar surface area (TPSA) is 52.6 Å². The van der Waals surface area contributed by atoms with Gasteiger partial charge in [0, 0.05) is 0 Å². The highest BCUT2D eigenvalue weighted by molar-refractivity contribution is 6.21. The van der Waals surface area contributed by atoms with Gasteiger partial charge in [0.15, 0.2) is 16.5 Å². The molecule has 0 radical (unpaired) electrons. The average Bonchev–Trinajstić information content (AvgIpc) is 2.58. The van der Waals surface area contributed by atoms with Crippen LogP contribution in [0, 0.1) is 5.41 Å². The van der Waals surface area contributed by atoms with Crippen molar-refractivity contribution in [2.45, 2.75) is 95.6 Å². The highest BCUT2D eigenvalue weighted by Crippen LogP contribution is 2.40. The van der Waals surface area contributed by atoms with E-state index in [0.29, 0.717) is 25.7 Å². The lowest BCUT2D eigenvalue weighted by Gasteiger charge is -2.33. The van der Waals surface area contributed by atoms with Crippen molar-refractivity contribution >= 4 is 35.1 Å². The van der Waals surface area contributed by atoms with Crippen LogP contribution in [0.5, 0.6) is 0 Å². The normalized spacial score (nSPS) is 19.3. The van der Waals surface area contributed by atoms with Crippen LogP contribution in [0.4, 0.5) is 0 Å². The van der Waals surface area contributed by atoms with Crippen LogP contribution in [0.2, 0.25) is 0 Å². The molecule has 140 valence electrons. The Balaban J connectivity index is 2.73. The van der Waals surface area contributed by atoms with Crippen molar-refractivity contribution in [1.29, 1.82) is 0 Å². The smallest absolute Gasteiger partial charge is 0.324 e. The van der Waals surface area contributed by atoms with Crippen LogP contribution >= 0.6 is 23.2 Å². The van der Waals surface area contributed by atoms with E-state index in [1.807, 2.05) is 13.8 Å². The first-order valence-corrected chi connectivity index (χ1v) is 10.0. The summed E-state index contributed by atoms with van der Waals surface area (Å²) in [6.45, 7) is 4.09. The molecule has 0 saturated heterocycles. The second kappa shape index (κ2) is 11.2. The van der Waals surface area contributed by atoms with E-state index in [-0.39, 0.29) is 0 Å². The van der Waals surface area contributed by atoms with E-state index in [1.54, 1.807) is 0 Å². The number of ether oxygens (including phenoxy) is 2. The second-order valence-corrected chi connectivity index (χ2v) is 7.53. The molecule has 2 atom stereocenters. The number of hydrogen-bond acceptors (Lipinski definition) is 4. The standard InChI is InChI=1S/C18H30Cl2O4/c1-3-5-10-14(19)23-16(21)18(12-8-7-9-13-18)17(22)24-15(20)11-6-4-2/h14-15H,3-13H2,1-2H3. The molecule has 0 bridgehead atoms. The Hall–Kier alpha value is -0.480. The summed E-state index contributed by atoms with van der Waals surface area (Å²) in [6.07, 6.45) is 8.36. The van der Waals surface area contributed by atoms with Crippen molar-refractivity contribution in [2.24, 2.45) is 5.41 Å². The number of alkyl halides is 2. The Kier molecular flexibility index (Phi) is 10.1. The molecule has 0 aromatic heterocycles. The molecule has 1 saturated carbocycles. The van der Waals surface area contributed by atoms with Crippen LogP contribution in [0.3, 0.4) is 0 Å². The minimum atomic E-state index is -1.24. The number of rotatable bonds is 10. The van der Waals surface area contributed by atoms with Gasteiger partial charge in [-0.2, -0.15) is 0 Å². The predicted molar refractivity (Wildman–Crippen MR) is 96.0 cm³/mol. The molecule has 6 heteroatoms. The summed E-state index contributed by atoms with van der Waals surface area (Å²) in [5.74, 6) is -1.11. The fraction of sp³-hybridized carbons (Fsp3) is 0.889. The maximum absolute atomic E-state index is 12.7. The van der Waals surface area contributed by atoms with Gasteiger partial charge in [-0.3, -0.25) is 9.59 Å². The van der Waals surface area contributed by atoms with Gasteiger partial charge in [0.25, 0.3) is 0 Å². The zero-order chi connectivity index (χ0) is 18.0. The van der Waals surface area contributed by atoms with Crippen molar-refractivity contribution in [1.82, 2.24) is 0 Å². The Morgan fingerprint density at radius 3 is 1.67 bits per heavy atom. The third-order valence-corrected chi connectivity index (χ3v) is 5.14. The van der Waals surface area contributed by atoms with Gasteiger partial charge >= 0.3 is 11.9 Å². The molecule has 1 rings (SSSR count). The van der Waals surface area contributed by atoms with E-state index in [2.05, 4.69) is 0 Å². The largest absolute Gasteiger partial charge is 0.445 e. The van der Waals surface area contributed by atoms with Crippen LogP contribution < -0.4 is 0 Å². The highest BCUT2D eigenvalue weighted by atomic mass is 35.5. The van der Waals surface area contributed by atoms with Gasteiger partial charge in [-0.1, -0.05) is 69.2 Å². The van der Waals surface area contributed by atoms with Crippen LogP contribution in [0.25, 0.3) is 0 Å². The molecule has 0 aliphatic heterocycles. The Bertz CT molecular complexity index is 364. The first-order chi connectivity index (χ1) is 11.5. The number of unbranched alkanes of at least 4 members (excludes halogenated alkanes) is 2. The van der Waals surface area contributed by atoms with Gasteiger partial charge in [0.2, 0.25) is 0 Å². The van der Waals surface area contributed by atoms with Gasteiger partial charge in [0.1, 0.15) is 0 Å². The lowest BCUT2D eigenvalue weighted by atomic mass is 9.74. The summed E-state index contributed by atoms with van der Waals surface area (Å²) < 4.78 is 10.7. The monoisotopic (exact) mass is 380 g/mol. The van der Waals surface area contributed by atoms with Crippen molar-refractivity contribution in [2.75, 3.05) is 0 Å². The molecular weight excluding hydrogens is 351 g/mol. The SMILES string of the molecule is CCCCC(Cl)OC(=O)C1(C(=O)OC(Cl)CCCC)CCCCC1. The van der Waals surface area contributed by atoms with Crippen LogP contribution in [0.15, 0.2) is 0 Å². The fourth-order valence-corrected chi connectivity index (χ4v) is 3.42. The molecular formula is C18H30Cl2O4. The summed E-state index contributed by atoms with van der Waals surface area (Å²) in [7, 11) is 0. The van der Waals surface area contributed by atoms with E-state index >= 15 is 0 Å². The van der Waals surface area contributed by atoms with Crippen molar-refractivity contribution in [3.63, 3.8) is 0 Å². The van der Waals surface area contributed by atoms with Crippen LogP contribution in [0.1, 0.15) is 84.5 Å². The zero-order valence-corrected chi connectivity index (χ0v) is 16.3. The number of halogens is 2. The summed E-state index contributed by atoms with van der Waals surface area (Å²) in [6, 6.07) is 0. The van der Waals surface area contributed by atoms with E-state index in [1.165, 1.54) is 0 Å². The molecule has 0 heterocycles. The minimum Gasteiger partial charge on any atom is -0.445 e. The summed E-state index contributed by atoms with van der Waals surface area (Å²) in [4.78, 5) is 25.4. The lowest BCUT2D eigenvalue weighted by Crippen LogP contribution is -2.45. The Morgan fingerprint density at radius 2 is 1.29 bits per heavy atom. The zero-order valence-electron chi connectivity index (χ0n) is 14.8. The maximum Gasteiger partial charge on any atom is 0.324 e. The minimum absolute atomic E-state index is 0.444. The molecule has 4 nitrogen and oxygen atoms in total. The summed E-state index contributed by atoms with van der Waals surface area (Å²) in [5, 5.41) is 0. The third-order valence-electron chi connectivity index (χ3n) is 4.53. The van der Waals surface area contributed by atoms with Crippen molar-refractivity contribution in [3.05, 3.63) is 0 Å². The molecule has 0 aromatic carbocycles. The van der Waals surface area contributed by atoms with Crippen LogP contribution in [-0.4, -0.2) is 23.1 Å². The van der Waals surface area contributed by atoms with E-state index in [0.717, 1.165) is 44.9 Å². The van der Waals surface area contributed by atoms with E-state index < -0.39 is 28.5 Å². The van der Waals surface area contributed by atoms with E-state index in [9.17, 15) is 9.59 Å². The first-order valence-electron chi connectivity index (χ1n) is 9.16. The molecule has 1 fully saturated rings. The van der Waals surface area contributed by atoms with Gasteiger partial charge < -0.3 is 9.47 Å². The van der Waals surface area contributed by atoms with Gasteiger partial charge in [-0.15, -0.1) is 0 Å².